The Bertz CT molecular complexity index is 403. The molecule has 18 heavy (non-hydrogen) atoms. The molecule has 1 N–H and O–H groups in total. The summed E-state index contributed by atoms with van der Waals surface area (Å²) in [7, 11) is 0. The Morgan fingerprint density at radius 3 is 2.67 bits per heavy atom. The van der Waals surface area contributed by atoms with Gasteiger partial charge in [0.25, 0.3) is 0 Å². The molecule has 1 unspecified atom stereocenters. The van der Waals surface area contributed by atoms with E-state index in [1.165, 1.54) is 4.99 Å². The number of hydrogen-bond donors (Lipinski definition) is 1. The molecule has 0 aliphatic carbocycles. The number of para-hydroxylation sites is 1. The summed E-state index contributed by atoms with van der Waals surface area (Å²) >= 11 is 3.03. The quantitative estimate of drug-likeness (QED) is 0.646. The second-order valence-corrected chi connectivity index (χ2v) is 4.13. The number of aliphatic hydroxyl groups is 1. The highest BCUT2D eigenvalue weighted by Crippen LogP contribution is 2.08. The van der Waals surface area contributed by atoms with Crippen molar-refractivity contribution >= 4 is 21.9 Å². The maximum absolute atomic E-state index is 11.3. The van der Waals surface area contributed by atoms with Crippen molar-refractivity contribution in [1.82, 2.24) is 0 Å². The number of carbonyl (C=O) groups is 1. The van der Waals surface area contributed by atoms with E-state index in [0.717, 1.165) is 0 Å². The molecular weight excluding hydrogens is 300 g/mol. The number of ether oxygens (including phenoxy) is 2. The third kappa shape index (κ3) is 5.33. The van der Waals surface area contributed by atoms with Crippen molar-refractivity contribution in [2.75, 3.05) is 13.2 Å². The van der Waals surface area contributed by atoms with Crippen molar-refractivity contribution in [2.45, 2.75) is 13.0 Å². The SMILES string of the molecule is C/C(=C\Br)C(=O)OCC(O)COc1ccccc1. The van der Waals surface area contributed by atoms with E-state index in [2.05, 4.69) is 15.9 Å². The number of benzene rings is 1. The highest BCUT2D eigenvalue weighted by Gasteiger charge is 2.10. The van der Waals surface area contributed by atoms with Crippen LogP contribution in [0.5, 0.6) is 5.75 Å². The molecular formula is C13H15BrO4. The van der Waals surface area contributed by atoms with Gasteiger partial charge in [0.1, 0.15) is 25.1 Å². The van der Waals surface area contributed by atoms with Crippen molar-refractivity contribution in [1.29, 1.82) is 0 Å². The molecule has 0 amide bonds. The predicted octanol–water partition coefficient (Wildman–Crippen LogP) is 2.27. The first-order chi connectivity index (χ1) is 8.63. The summed E-state index contributed by atoms with van der Waals surface area (Å²) in [6.45, 7) is 1.60. The predicted molar refractivity (Wildman–Crippen MR) is 71.6 cm³/mol. The summed E-state index contributed by atoms with van der Waals surface area (Å²) in [5.41, 5.74) is 0.436. The number of esters is 1. The van der Waals surface area contributed by atoms with E-state index >= 15 is 0 Å². The Morgan fingerprint density at radius 2 is 2.06 bits per heavy atom. The molecule has 0 saturated heterocycles. The van der Waals surface area contributed by atoms with Crippen LogP contribution in [0.1, 0.15) is 6.92 Å². The van der Waals surface area contributed by atoms with Crippen LogP contribution in [0.2, 0.25) is 0 Å². The van der Waals surface area contributed by atoms with Gasteiger partial charge >= 0.3 is 5.97 Å². The minimum absolute atomic E-state index is 0.0777. The van der Waals surface area contributed by atoms with Crippen LogP contribution >= 0.6 is 15.9 Å². The zero-order valence-corrected chi connectivity index (χ0v) is 11.6. The van der Waals surface area contributed by atoms with Crippen LogP contribution < -0.4 is 4.74 Å². The van der Waals surface area contributed by atoms with E-state index in [4.69, 9.17) is 9.47 Å². The van der Waals surface area contributed by atoms with E-state index in [-0.39, 0.29) is 13.2 Å². The molecule has 0 aliphatic heterocycles. The fraction of sp³-hybridized carbons (Fsp3) is 0.308. The summed E-state index contributed by atoms with van der Waals surface area (Å²) in [4.78, 5) is 12.8. The number of hydrogen-bond acceptors (Lipinski definition) is 4. The summed E-state index contributed by atoms with van der Waals surface area (Å²) in [5, 5.41) is 9.58. The van der Waals surface area contributed by atoms with Crippen LogP contribution in [0.25, 0.3) is 0 Å². The molecule has 1 aromatic carbocycles. The lowest BCUT2D eigenvalue weighted by Gasteiger charge is -2.12. The van der Waals surface area contributed by atoms with Gasteiger partial charge in [-0.2, -0.15) is 0 Å². The Hall–Kier alpha value is -1.33. The van der Waals surface area contributed by atoms with Gasteiger partial charge in [-0.15, -0.1) is 0 Å². The molecule has 0 radical (unpaired) electrons. The average molecular weight is 315 g/mol. The van der Waals surface area contributed by atoms with Gasteiger partial charge in [-0.25, -0.2) is 4.79 Å². The third-order valence-electron chi connectivity index (χ3n) is 2.08. The monoisotopic (exact) mass is 314 g/mol. The molecule has 4 nitrogen and oxygen atoms in total. The summed E-state index contributed by atoms with van der Waals surface area (Å²) in [5.74, 6) is 0.199. The lowest BCUT2D eigenvalue weighted by Crippen LogP contribution is -2.25. The lowest BCUT2D eigenvalue weighted by molar-refractivity contribution is -0.142. The molecule has 0 fully saturated rings. The van der Waals surface area contributed by atoms with E-state index in [0.29, 0.717) is 11.3 Å². The van der Waals surface area contributed by atoms with Crippen molar-refractivity contribution in [3.63, 3.8) is 0 Å². The largest absolute Gasteiger partial charge is 0.491 e. The molecule has 0 aromatic heterocycles. The fourth-order valence-electron chi connectivity index (χ4n) is 1.09. The van der Waals surface area contributed by atoms with Gasteiger partial charge < -0.3 is 14.6 Å². The number of rotatable bonds is 6. The minimum Gasteiger partial charge on any atom is -0.491 e. The van der Waals surface area contributed by atoms with Crippen LogP contribution in [0.15, 0.2) is 40.9 Å². The molecule has 0 saturated carbocycles. The first kappa shape index (κ1) is 14.7. The Balaban J connectivity index is 2.26. The summed E-state index contributed by atoms with van der Waals surface area (Å²) in [6, 6.07) is 9.13. The van der Waals surface area contributed by atoms with Gasteiger partial charge in [0.05, 0.1) is 0 Å². The maximum atomic E-state index is 11.3. The molecule has 5 heteroatoms. The number of carbonyl (C=O) groups excluding carboxylic acids is 1. The Kier molecular flexibility index (Phi) is 6.46. The molecule has 0 heterocycles. The first-order valence-electron chi connectivity index (χ1n) is 5.43. The summed E-state index contributed by atoms with van der Waals surface area (Å²) in [6.07, 6.45) is -0.850. The van der Waals surface area contributed by atoms with Crippen LogP contribution in [0.4, 0.5) is 0 Å². The topological polar surface area (TPSA) is 55.8 Å². The zero-order valence-electron chi connectivity index (χ0n) is 10.0. The van der Waals surface area contributed by atoms with Crippen molar-refractivity contribution in [2.24, 2.45) is 0 Å². The van der Waals surface area contributed by atoms with Crippen molar-refractivity contribution in [3.8, 4) is 5.75 Å². The van der Waals surface area contributed by atoms with E-state index in [1.54, 1.807) is 19.1 Å². The van der Waals surface area contributed by atoms with Gasteiger partial charge in [-0.05, 0) is 24.0 Å². The number of aliphatic hydroxyl groups excluding tert-OH is 1. The first-order valence-corrected chi connectivity index (χ1v) is 6.35. The van der Waals surface area contributed by atoms with Crippen LogP contribution in [-0.4, -0.2) is 30.4 Å². The van der Waals surface area contributed by atoms with Gasteiger partial charge in [-0.3, -0.25) is 0 Å². The fourth-order valence-corrected chi connectivity index (χ4v) is 1.27. The third-order valence-corrected chi connectivity index (χ3v) is 2.76. The molecule has 0 spiro atoms. The molecule has 1 rings (SSSR count). The Morgan fingerprint density at radius 1 is 1.39 bits per heavy atom. The molecule has 0 aliphatic rings. The standard InChI is InChI=1S/C13H15BrO4/c1-10(7-14)13(16)18-9-11(15)8-17-12-5-3-2-4-6-12/h2-7,11,15H,8-9H2,1H3/b10-7+. The molecule has 0 bridgehead atoms. The van der Waals surface area contributed by atoms with Crippen LogP contribution in [-0.2, 0) is 9.53 Å². The average Bonchev–Trinajstić information content (AvgIpc) is 2.42. The zero-order chi connectivity index (χ0) is 13.4. The molecule has 1 aromatic rings. The highest BCUT2D eigenvalue weighted by atomic mass is 79.9. The smallest absolute Gasteiger partial charge is 0.334 e. The second-order valence-electron chi connectivity index (χ2n) is 3.67. The van der Waals surface area contributed by atoms with E-state index in [9.17, 15) is 9.90 Å². The van der Waals surface area contributed by atoms with Crippen LogP contribution in [0.3, 0.4) is 0 Å². The normalized spacial score (nSPS) is 12.9. The van der Waals surface area contributed by atoms with E-state index < -0.39 is 12.1 Å². The van der Waals surface area contributed by atoms with Gasteiger partial charge in [0.15, 0.2) is 0 Å². The van der Waals surface area contributed by atoms with E-state index in [1.807, 2.05) is 18.2 Å². The van der Waals surface area contributed by atoms with Crippen molar-refractivity contribution < 1.29 is 19.4 Å². The second kappa shape index (κ2) is 7.89. The molecule has 98 valence electrons. The Labute approximate surface area is 114 Å². The van der Waals surface area contributed by atoms with Gasteiger partial charge in [0, 0.05) is 5.57 Å². The van der Waals surface area contributed by atoms with Gasteiger partial charge in [-0.1, -0.05) is 34.1 Å². The minimum atomic E-state index is -0.850. The maximum Gasteiger partial charge on any atom is 0.334 e. The molecule has 1 atom stereocenters. The highest BCUT2D eigenvalue weighted by molar-refractivity contribution is 9.11. The summed E-state index contributed by atoms with van der Waals surface area (Å²) < 4.78 is 10.2. The van der Waals surface area contributed by atoms with Crippen LogP contribution in [0, 0.1) is 0 Å². The van der Waals surface area contributed by atoms with Crippen molar-refractivity contribution in [3.05, 3.63) is 40.9 Å². The number of halogens is 1. The van der Waals surface area contributed by atoms with Gasteiger partial charge in [0.2, 0.25) is 0 Å². The lowest BCUT2D eigenvalue weighted by atomic mass is 10.3.